The van der Waals surface area contributed by atoms with Crippen molar-refractivity contribution in [3.05, 3.63) is 34.9 Å². The fraction of sp³-hybridized carbons (Fsp3) is 0.524. The molecule has 0 spiro atoms. The molecule has 0 unspecified atom stereocenters. The van der Waals surface area contributed by atoms with E-state index in [1.165, 1.54) is 11.0 Å². The normalized spacial score (nSPS) is 16.8. The summed E-state index contributed by atoms with van der Waals surface area (Å²) in [5.74, 6) is -0.915. The van der Waals surface area contributed by atoms with Crippen LogP contribution in [0.25, 0.3) is 0 Å². The van der Waals surface area contributed by atoms with E-state index in [1.54, 1.807) is 24.0 Å². The monoisotopic (exact) mass is 401 g/mol. The molecule has 2 aliphatic rings. The lowest BCUT2D eigenvalue weighted by molar-refractivity contribution is 0.0651. The first-order valence-electron chi connectivity index (χ1n) is 10.2. The average Bonchev–Trinajstić information content (AvgIpc) is 2.96. The van der Waals surface area contributed by atoms with Gasteiger partial charge in [-0.2, -0.15) is 0 Å². The number of hydrogen-bond donors (Lipinski definition) is 1. The zero-order valence-corrected chi connectivity index (χ0v) is 16.9. The van der Waals surface area contributed by atoms with Crippen LogP contribution in [-0.2, 0) is 4.74 Å². The van der Waals surface area contributed by atoms with Gasteiger partial charge in [-0.1, -0.05) is 13.3 Å². The van der Waals surface area contributed by atoms with Crippen LogP contribution >= 0.6 is 0 Å². The molecule has 0 aliphatic carbocycles. The molecule has 2 heterocycles. The highest BCUT2D eigenvalue weighted by molar-refractivity contribution is 6.22. The maximum Gasteiger partial charge on any atom is 0.409 e. The van der Waals surface area contributed by atoms with Crippen LogP contribution in [0.5, 0.6) is 0 Å². The molecule has 4 amide bonds. The van der Waals surface area contributed by atoms with E-state index in [2.05, 4.69) is 5.32 Å². The highest BCUT2D eigenvalue weighted by atomic mass is 16.6. The number of rotatable bonds is 6. The molecule has 8 nitrogen and oxygen atoms in total. The molecule has 1 N–H and O–H groups in total. The Balaban J connectivity index is 1.61. The second-order valence-corrected chi connectivity index (χ2v) is 7.31. The number of nitrogens with zero attached hydrogens (tertiary/aromatic N) is 2. The molecular formula is C21H27N3O5. The van der Waals surface area contributed by atoms with E-state index in [0.29, 0.717) is 50.2 Å². The lowest BCUT2D eigenvalue weighted by Crippen LogP contribution is -2.46. The Morgan fingerprint density at radius 3 is 2.45 bits per heavy atom. The summed E-state index contributed by atoms with van der Waals surface area (Å²) in [5, 5.41) is 2.96. The highest BCUT2D eigenvalue weighted by Gasteiger charge is 2.35. The van der Waals surface area contributed by atoms with Gasteiger partial charge in [-0.05, 0) is 44.4 Å². The number of carbonyl (C=O) groups excluding carboxylic acids is 4. The number of fused-ring (bicyclic) bond motifs is 1. The Bertz CT molecular complexity index is 815. The summed E-state index contributed by atoms with van der Waals surface area (Å²) in [6.07, 6.45) is 2.58. The summed E-state index contributed by atoms with van der Waals surface area (Å²) >= 11 is 0. The molecule has 2 aliphatic heterocycles. The van der Waals surface area contributed by atoms with Crippen LogP contribution in [0.15, 0.2) is 18.2 Å². The van der Waals surface area contributed by atoms with Crippen LogP contribution in [0.4, 0.5) is 4.79 Å². The van der Waals surface area contributed by atoms with Gasteiger partial charge in [0.2, 0.25) is 0 Å². The summed E-state index contributed by atoms with van der Waals surface area (Å²) in [6, 6.07) is 4.58. The van der Waals surface area contributed by atoms with Crippen LogP contribution in [-0.4, -0.2) is 65.9 Å². The van der Waals surface area contributed by atoms with Crippen LogP contribution in [0.1, 0.15) is 70.6 Å². The van der Waals surface area contributed by atoms with Crippen molar-refractivity contribution in [2.75, 3.05) is 26.2 Å². The Labute approximate surface area is 170 Å². The first-order chi connectivity index (χ1) is 14.0. The first kappa shape index (κ1) is 20.8. The summed E-state index contributed by atoms with van der Waals surface area (Å²) < 4.78 is 5.00. The number of carbonyl (C=O) groups is 4. The maximum atomic E-state index is 12.6. The van der Waals surface area contributed by atoms with Gasteiger partial charge in [0, 0.05) is 31.2 Å². The molecule has 0 atom stereocenters. The van der Waals surface area contributed by atoms with E-state index in [0.717, 1.165) is 12.8 Å². The molecule has 1 fully saturated rings. The van der Waals surface area contributed by atoms with Crippen molar-refractivity contribution < 1.29 is 23.9 Å². The number of imide groups is 1. The number of amides is 4. The Morgan fingerprint density at radius 1 is 1.10 bits per heavy atom. The molecule has 1 aromatic carbocycles. The van der Waals surface area contributed by atoms with E-state index in [-0.39, 0.29) is 35.4 Å². The molecule has 156 valence electrons. The molecule has 1 saturated heterocycles. The molecule has 0 aromatic heterocycles. The maximum absolute atomic E-state index is 12.6. The van der Waals surface area contributed by atoms with Gasteiger partial charge in [0.05, 0.1) is 17.7 Å². The smallest absolute Gasteiger partial charge is 0.409 e. The highest BCUT2D eigenvalue weighted by Crippen LogP contribution is 2.24. The van der Waals surface area contributed by atoms with Crippen molar-refractivity contribution in [3.8, 4) is 0 Å². The van der Waals surface area contributed by atoms with Gasteiger partial charge in [0.1, 0.15) is 0 Å². The van der Waals surface area contributed by atoms with Gasteiger partial charge in [-0.15, -0.1) is 0 Å². The van der Waals surface area contributed by atoms with Crippen molar-refractivity contribution in [3.63, 3.8) is 0 Å². The zero-order chi connectivity index (χ0) is 21.0. The van der Waals surface area contributed by atoms with E-state index in [4.69, 9.17) is 4.74 Å². The second-order valence-electron chi connectivity index (χ2n) is 7.31. The van der Waals surface area contributed by atoms with E-state index in [1.807, 2.05) is 6.92 Å². The topological polar surface area (TPSA) is 96.0 Å². The number of likely N-dealkylation sites (tertiary alicyclic amines) is 1. The minimum absolute atomic E-state index is 0.0557. The van der Waals surface area contributed by atoms with E-state index < -0.39 is 0 Å². The van der Waals surface area contributed by atoms with E-state index in [9.17, 15) is 19.2 Å². The number of nitrogens with one attached hydrogen (secondary N) is 1. The summed E-state index contributed by atoms with van der Waals surface area (Å²) in [7, 11) is 0. The van der Waals surface area contributed by atoms with Crippen LogP contribution in [0.2, 0.25) is 0 Å². The predicted octanol–water partition coefficient (Wildman–Crippen LogP) is 2.43. The SMILES string of the molecule is CCCCN1C(=O)c2ccc(C(=O)NC3CCN(C(=O)OCC)CC3)cc2C1=O. The largest absolute Gasteiger partial charge is 0.450 e. The minimum atomic E-state index is -0.337. The van der Waals surface area contributed by atoms with Gasteiger partial charge in [-0.3, -0.25) is 19.3 Å². The second kappa shape index (κ2) is 9.07. The summed E-state index contributed by atoms with van der Waals surface area (Å²) in [6.45, 7) is 5.54. The zero-order valence-electron chi connectivity index (χ0n) is 16.9. The molecule has 0 saturated carbocycles. The van der Waals surface area contributed by atoms with Gasteiger partial charge >= 0.3 is 6.09 Å². The quantitative estimate of drug-likeness (QED) is 0.739. The minimum Gasteiger partial charge on any atom is -0.450 e. The standard InChI is InChI=1S/C21H27N3O5/c1-3-5-10-24-19(26)16-7-6-14(13-17(16)20(24)27)18(25)22-15-8-11-23(12-9-15)21(28)29-4-2/h6-7,13,15H,3-5,8-12H2,1-2H3,(H,22,25). The molecular weight excluding hydrogens is 374 g/mol. The predicted molar refractivity (Wildman–Crippen MR) is 106 cm³/mol. The summed E-state index contributed by atoms with van der Waals surface area (Å²) in [4.78, 5) is 52.3. The molecule has 0 bridgehead atoms. The van der Waals surface area contributed by atoms with Gasteiger partial charge < -0.3 is 15.0 Å². The van der Waals surface area contributed by atoms with Gasteiger partial charge in [0.15, 0.2) is 0 Å². The molecule has 1 aromatic rings. The lowest BCUT2D eigenvalue weighted by Gasteiger charge is -2.31. The van der Waals surface area contributed by atoms with Crippen LogP contribution in [0, 0.1) is 0 Å². The molecule has 0 radical (unpaired) electrons. The van der Waals surface area contributed by atoms with Crippen molar-refractivity contribution >= 4 is 23.8 Å². The molecule has 29 heavy (non-hydrogen) atoms. The van der Waals surface area contributed by atoms with Crippen molar-refractivity contribution in [1.82, 2.24) is 15.1 Å². The van der Waals surface area contributed by atoms with Crippen LogP contribution in [0.3, 0.4) is 0 Å². The number of unbranched alkanes of at least 4 members (excludes halogenated alkanes) is 1. The number of hydrogen-bond acceptors (Lipinski definition) is 5. The molecule has 8 heteroatoms. The number of piperidine rings is 1. The van der Waals surface area contributed by atoms with Crippen molar-refractivity contribution in [2.24, 2.45) is 0 Å². The first-order valence-corrected chi connectivity index (χ1v) is 10.2. The van der Waals surface area contributed by atoms with Gasteiger partial charge in [-0.25, -0.2) is 4.79 Å². The van der Waals surface area contributed by atoms with Gasteiger partial charge in [0.25, 0.3) is 17.7 Å². The molecule has 3 rings (SSSR count). The fourth-order valence-corrected chi connectivity index (χ4v) is 3.64. The van der Waals surface area contributed by atoms with E-state index >= 15 is 0 Å². The third kappa shape index (κ3) is 4.41. The lowest BCUT2D eigenvalue weighted by atomic mass is 10.0. The third-order valence-electron chi connectivity index (χ3n) is 5.32. The third-order valence-corrected chi connectivity index (χ3v) is 5.32. The summed E-state index contributed by atoms with van der Waals surface area (Å²) in [5.41, 5.74) is 0.997. The fourth-order valence-electron chi connectivity index (χ4n) is 3.64. The number of benzene rings is 1. The Kier molecular flexibility index (Phi) is 6.51. The Hall–Kier alpha value is -2.90. The van der Waals surface area contributed by atoms with Crippen molar-refractivity contribution in [2.45, 2.75) is 45.6 Å². The number of ether oxygens (including phenoxy) is 1. The Morgan fingerprint density at radius 2 is 1.79 bits per heavy atom. The van der Waals surface area contributed by atoms with Crippen LogP contribution < -0.4 is 5.32 Å². The van der Waals surface area contributed by atoms with Crippen molar-refractivity contribution in [1.29, 1.82) is 0 Å². The average molecular weight is 401 g/mol.